The Balaban J connectivity index is 1.25. The van der Waals surface area contributed by atoms with Crippen LogP contribution in [0.15, 0.2) is 36.4 Å². The highest BCUT2D eigenvalue weighted by molar-refractivity contribution is 6.06. The molecular weight excluding hydrogens is 422 g/mol. The molecule has 0 saturated carbocycles. The van der Waals surface area contributed by atoms with Crippen molar-refractivity contribution in [1.29, 1.82) is 0 Å². The maximum absolute atomic E-state index is 13.0. The summed E-state index contributed by atoms with van der Waals surface area (Å²) in [6.45, 7) is 3.19. The van der Waals surface area contributed by atoms with Crippen molar-refractivity contribution in [2.45, 2.75) is 103 Å². The second-order valence-electron chi connectivity index (χ2n) is 10.1. The summed E-state index contributed by atoms with van der Waals surface area (Å²) >= 11 is 0. The minimum atomic E-state index is -0.348. The van der Waals surface area contributed by atoms with Gasteiger partial charge in [0.2, 0.25) is 11.8 Å². The summed E-state index contributed by atoms with van der Waals surface area (Å²) < 4.78 is 5.80. The Morgan fingerprint density at radius 3 is 1.94 bits per heavy atom. The molecule has 2 amide bonds. The highest BCUT2D eigenvalue weighted by atomic mass is 16.5. The molecule has 1 aromatic rings. The van der Waals surface area contributed by atoms with Gasteiger partial charge in [-0.2, -0.15) is 0 Å². The topological polar surface area (TPSA) is 46.6 Å². The summed E-state index contributed by atoms with van der Waals surface area (Å²) in [6, 6.07) is 9.99. The van der Waals surface area contributed by atoms with Gasteiger partial charge in [0.05, 0.1) is 24.5 Å². The van der Waals surface area contributed by atoms with Crippen molar-refractivity contribution in [3.63, 3.8) is 0 Å². The van der Waals surface area contributed by atoms with Gasteiger partial charge in [-0.25, -0.2) is 0 Å². The van der Waals surface area contributed by atoms with Crippen LogP contribution in [-0.4, -0.2) is 36.0 Å². The number of likely N-dealkylation sites (tertiary alicyclic amines) is 1. The lowest BCUT2D eigenvalue weighted by atomic mass is 9.93. The lowest BCUT2D eigenvalue weighted by Crippen LogP contribution is -2.35. The smallest absolute Gasteiger partial charge is 0.236 e. The molecular formula is C30H45NO3. The zero-order valence-corrected chi connectivity index (χ0v) is 21.3. The van der Waals surface area contributed by atoms with Gasteiger partial charge in [0.1, 0.15) is 0 Å². The number of hydrogen-bond donors (Lipinski definition) is 0. The fourth-order valence-electron chi connectivity index (χ4n) is 5.31. The fraction of sp³-hybridized carbons (Fsp3) is 0.667. The molecule has 2 aliphatic rings. The summed E-state index contributed by atoms with van der Waals surface area (Å²) in [7, 11) is 0. The Morgan fingerprint density at radius 1 is 0.794 bits per heavy atom. The molecule has 3 atom stereocenters. The zero-order valence-electron chi connectivity index (χ0n) is 21.3. The first-order valence-corrected chi connectivity index (χ1v) is 13.9. The standard InChI is InChI=1S/C30H45NO3/c1-2-3-4-5-6-7-8-9-10-11-12-13-14-18-23-31-29(32)26-24-34-27(28(26)30(31)33)22-21-25-19-16-15-17-20-25/h15-17,19-22,26-28H,2-14,18,23-24H2,1H3/b22-21-/t26-,27?,28-/m1/s1. The number of rotatable bonds is 17. The molecule has 1 unspecified atom stereocenters. The van der Waals surface area contributed by atoms with Crippen molar-refractivity contribution < 1.29 is 14.3 Å². The summed E-state index contributed by atoms with van der Waals surface area (Å²) in [6.07, 6.45) is 21.9. The van der Waals surface area contributed by atoms with Crippen LogP contribution in [-0.2, 0) is 14.3 Å². The molecule has 4 nitrogen and oxygen atoms in total. The van der Waals surface area contributed by atoms with Crippen LogP contribution in [0.5, 0.6) is 0 Å². The largest absolute Gasteiger partial charge is 0.372 e. The van der Waals surface area contributed by atoms with Gasteiger partial charge in [0.25, 0.3) is 0 Å². The van der Waals surface area contributed by atoms with Gasteiger partial charge in [0.15, 0.2) is 0 Å². The van der Waals surface area contributed by atoms with Gasteiger partial charge in [-0.1, -0.05) is 133 Å². The van der Waals surface area contributed by atoms with Crippen molar-refractivity contribution in [3.8, 4) is 0 Å². The van der Waals surface area contributed by atoms with E-state index in [9.17, 15) is 9.59 Å². The number of carbonyl (C=O) groups is 2. The van der Waals surface area contributed by atoms with Gasteiger partial charge in [-0.05, 0) is 12.0 Å². The lowest BCUT2D eigenvalue weighted by molar-refractivity contribution is -0.142. The van der Waals surface area contributed by atoms with Crippen molar-refractivity contribution in [2.75, 3.05) is 13.2 Å². The summed E-state index contributed by atoms with van der Waals surface area (Å²) in [4.78, 5) is 27.3. The van der Waals surface area contributed by atoms with E-state index in [4.69, 9.17) is 4.74 Å². The van der Waals surface area contributed by atoms with Crippen LogP contribution < -0.4 is 0 Å². The third-order valence-corrected chi connectivity index (χ3v) is 7.40. The average Bonchev–Trinajstić information content (AvgIpc) is 3.38. The predicted octanol–water partition coefficient (Wildman–Crippen LogP) is 7.18. The summed E-state index contributed by atoms with van der Waals surface area (Å²) in [5.74, 6) is -0.714. The number of unbranched alkanes of at least 4 members (excludes halogenated alkanes) is 13. The van der Waals surface area contributed by atoms with E-state index in [0.29, 0.717) is 13.2 Å². The normalized spacial score (nSPS) is 22.3. The maximum atomic E-state index is 13.0. The van der Waals surface area contributed by atoms with Gasteiger partial charge in [-0.15, -0.1) is 0 Å². The molecule has 2 aliphatic heterocycles. The Kier molecular flexibility index (Phi) is 11.9. The first kappa shape index (κ1) is 26.7. The molecule has 34 heavy (non-hydrogen) atoms. The SMILES string of the molecule is CCCCCCCCCCCCCCCCN1C(=O)[C@@H]2COC(/C=C\c3ccccc3)[C@@H]2C1=O. The van der Waals surface area contributed by atoms with Crippen LogP contribution in [0.1, 0.15) is 102 Å². The summed E-state index contributed by atoms with van der Waals surface area (Å²) in [5, 5.41) is 0. The molecule has 2 heterocycles. The first-order valence-electron chi connectivity index (χ1n) is 13.9. The molecule has 0 bridgehead atoms. The molecule has 188 valence electrons. The van der Waals surface area contributed by atoms with Crippen molar-refractivity contribution in [3.05, 3.63) is 42.0 Å². The van der Waals surface area contributed by atoms with E-state index in [-0.39, 0.29) is 29.8 Å². The van der Waals surface area contributed by atoms with E-state index in [0.717, 1.165) is 18.4 Å². The van der Waals surface area contributed by atoms with E-state index in [1.54, 1.807) is 0 Å². The van der Waals surface area contributed by atoms with Crippen molar-refractivity contribution >= 4 is 17.9 Å². The average molecular weight is 468 g/mol. The predicted molar refractivity (Wildman–Crippen MR) is 139 cm³/mol. The highest BCUT2D eigenvalue weighted by Gasteiger charge is 2.54. The summed E-state index contributed by atoms with van der Waals surface area (Å²) in [5.41, 5.74) is 1.07. The Morgan fingerprint density at radius 2 is 1.35 bits per heavy atom. The molecule has 2 saturated heterocycles. The second-order valence-corrected chi connectivity index (χ2v) is 10.1. The van der Waals surface area contributed by atoms with Gasteiger partial charge in [-0.3, -0.25) is 14.5 Å². The van der Waals surface area contributed by atoms with Crippen LogP contribution in [0, 0.1) is 11.8 Å². The van der Waals surface area contributed by atoms with E-state index in [2.05, 4.69) is 6.92 Å². The monoisotopic (exact) mass is 467 g/mol. The second kappa shape index (κ2) is 15.1. The molecule has 4 heteroatoms. The first-order chi connectivity index (χ1) is 16.7. The van der Waals surface area contributed by atoms with E-state index in [1.807, 2.05) is 42.5 Å². The molecule has 0 N–H and O–H groups in total. The zero-order chi connectivity index (χ0) is 24.0. The van der Waals surface area contributed by atoms with Crippen LogP contribution in [0.25, 0.3) is 6.08 Å². The number of hydrogen-bond acceptors (Lipinski definition) is 3. The van der Waals surface area contributed by atoms with Crippen LogP contribution >= 0.6 is 0 Å². The number of carbonyl (C=O) groups excluding carboxylic acids is 2. The van der Waals surface area contributed by atoms with Crippen molar-refractivity contribution in [2.24, 2.45) is 11.8 Å². The Labute approximate surface area is 207 Å². The third kappa shape index (κ3) is 8.08. The van der Waals surface area contributed by atoms with Gasteiger partial charge >= 0.3 is 0 Å². The van der Waals surface area contributed by atoms with Crippen LogP contribution in [0.4, 0.5) is 0 Å². The number of nitrogens with zero attached hydrogens (tertiary/aromatic N) is 1. The maximum Gasteiger partial charge on any atom is 0.236 e. The highest BCUT2D eigenvalue weighted by Crippen LogP contribution is 2.37. The number of fused-ring (bicyclic) bond motifs is 1. The molecule has 1 aromatic carbocycles. The Hall–Kier alpha value is -1.94. The molecule has 0 aliphatic carbocycles. The van der Waals surface area contributed by atoms with Crippen LogP contribution in [0.2, 0.25) is 0 Å². The number of imide groups is 1. The fourth-order valence-corrected chi connectivity index (χ4v) is 5.31. The van der Waals surface area contributed by atoms with Crippen molar-refractivity contribution in [1.82, 2.24) is 4.90 Å². The number of amides is 2. The van der Waals surface area contributed by atoms with Gasteiger partial charge in [0, 0.05) is 6.54 Å². The van der Waals surface area contributed by atoms with E-state index < -0.39 is 0 Å². The van der Waals surface area contributed by atoms with Crippen LogP contribution in [0.3, 0.4) is 0 Å². The van der Waals surface area contributed by atoms with E-state index in [1.165, 1.54) is 81.9 Å². The molecule has 2 fully saturated rings. The van der Waals surface area contributed by atoms with E-state index >= 15 is 0 Å². The molecule has 0 radical (unpaired) electrons. The molecule has 0 aromatic heterocycles. The third-order valence-electron chi connectivity index (χ3n) is 7.40. The molecule has 0 spiro atoms. The number of ether oxygens (including phenoxy) is 1. The number of benzene rings is 1. The minimum Gasteiger partial charge on any atom is -0.372 e. The molecule has 3 rings (SSSR count). The van der Waals surface area contributed by atoms with Gasteiger partial charge < -0.3 is 4.74 Å². The Bertz CT molecular complexity index is 760. The quantitative estimate of drug-likeness (QED) is 0.180. The lowest BCUT2D eigenvalue weighted by Gasteiger charge is -2.17. The minimum absolute atomic E-state index is 0.0275.